The molecular weight excluding hydrogens is 284 g/mol. The Kier molecular flexibility index (Phi) is 6.99. The first-order valence-electron chi connectivity index (χ1n) is 7.62. The van der Waals surface area contributed by atoms with Crippen molar-refractivity contribution in [3.8, 4) is 5.75 Å². The fourth-order valence-corrected chi connectivity index (χ4v) is 2.36. The molecule has 1 aliphatic heterocycles. The predicted molar refractivity (Wildman–Crippen MR) is 83.3 cm³/mol. The smallest absolute Gasteiger partial charge is 0.407 e. The van der Waals surface area contributed by atoms with E-state index in [0.29, 0.717) is 19.6 Å². The lowest BCUT2D eigenvalue weighted by atomic mass is 10.1. The van der Waals surface area contributed by atoms with Gasteiger partial charge < -0.3 is 19.5 Å². The molecule has 0 atom stereocenters. The van der Waals surface area contributed by atoms with E-state index in [-0.39, 0.29) is 6.09 Å². The van der Waals surface area contributed by atoms with Crippen LogP contribution in [0.3, 0.4) is 0 Å². The Morgan fingerprint density at radius 1 is 1.32 bits per heavy atom. The molecule has 122 valence electrons. The first-order chi connectivity index (χ1) is 10.8. The lowest BCUT2D eigenvalue weighted by Gasteiger charge is -2.26. The Morgan fingerprint density at radius 2 is 2.09 bits per heavy atom. The number of alkyl carbamates (subject to hydrolysis) is 1. The summed E-state index contributed by atoms with van der Waals surface area (Å²) >= 11 is 0. The van der Waals surface area contributed by atoms with E-state index in [2.05, 4.69) is 10.2 Å². The molecule has 1 fully saturated rings. The zero-order valence-corrected chi connectivity index (χ0v) is 13.0. The largest absolute Gasteiger partial charge is 0.496 e. The van der Waals surface area contributed by atoms with Gasteiger partial charge in [-0.15, -0.1) is 0 Å². The van der Waals surface area contributed by atoms with Crippen LogP contribution < -0.4 is 10.1 Å². The molecule has 22 heavy (non-hydrogen) atoms. The van der Waals surface area contributed by atoms with Crippen molar-refractivity contribution in [3.05, 3.63) is 29.8 Å². The highest BCUT2D eigenvalue weighted by atomic mass is 16.5. The molecule has 0 aliphatic carbocycles. The van der Waals surface area contributed by atoms with Gasteiger partial charge in [-0.1, -0.05) is 18.2 Å². The summed E-state index contributed by atoms with van der Waals surface area (Å²) < 4.78 is 15.7. The van der Waals surface area contributed by atoms with Gasteiger partial charge in [0.25, 0.3) is 0 Å². The van der Waals surface area contributed by atoms with Crippen molar-refractivity contribution in [3.63, 3.8) is 0 Å². The molecule has 1 N–H and O–H groups in total. The first-order valence-corrected chi connectivity index (χ1v) is 7.62. The van der Waals surface area contributed by atoms with E-state index in [9.17, 15) is 4.79 Å². The van der Waals surface area contributed by atoms with E-state index in [1.165, 1.54) is 0 Å². The Balaban J connectivity index is 1.59. The minimum atomic E-state index is -0.372. The Labute approximate surface area is 131 Å². The van der Waals surface area contributed by atoms with Crippen LogP contribution in [0.5, 0.6) is 5.75 Å². The summed E-state index contributed by atoms with van der Waals surface area (Å²) in [7, 11) is 1.64. The van der Waals surface area contributed by atoms with E-state index < -0.39 is 0 Å². The van der Waals surface area contributed by atoms with Gasteiger partial charge in [0.1, 0.15) is 5.75 Å². The van der Waals surface area contributed by atoms with Gasteiger partial charge >= 0.3 is 6.09 Å². The third-order valence-electron chi connectivity index (χ3n) is 3.60. The Hall–Kier alpha value is -1.79. The van der Waals surface area contributed by atoms with Gasteiger partial charge in [-0.2, -0.15) is 0 Å². The number of hydrogen-bond donors (Lipinski definition) is 1. The minimum Gasteiger partial charge on any atom is -0.496 e. The molecule has 0 unspecified atom stereocenters. The molecule has 0 radical (unpaired) electrons. The van der Waals surface area contributed by atoms with Gasteiger partial charge in [0, 0.05) is 32.6 Å². The van der Waals surface area contributed by atoms with E-state index in [1.807, 2.05) is 24.3 Å². The number of morpholine rings is 1. The number of nitrogens with zero attached hydrogens (tertiary/aromatic N) is 1. The van der Waals surface area contributed by atoms with Crippen LogP contribution in [0.2, 0.25) is 0 Å². The van der Waals surface area contributed by atoms with Gasteiger partial charge in [-0.3, -0.25) is 4.90 Å². The average Bonchev–Trinajstić information content (AvgIpc) is 2.56. The highest BCUT2D eigenvalue weighted by Gasteiger charge is 2.10. The molecule has 0 bridgehead atoms. The highest BCUT2D eigenvalue weighted by molar-refractivity contribution is 5.67. The molecule has 0 saturated carbocycles. The maximum atomic E-state index is 11.6. The number of benzene rings is 1. The summed E-state index contributed by atoms with van der Waals surface area (Å²) in [5.41, 5.74) is 1.03. The second kappa shape index (κ2) is 9.27. The monoisotopic (exact) mass is 308 g/mol. The summed E-state index contributed by atoms with van der Waals surface area (Å²) in [6.07, 6.45) is 0.268. The number of ether oxygens (including phenoxy) is 3. The fraction of sp³-hybridized carbons (Fsp3) is 0.562. The van der Waals surface area contributed by atoms with E-state index >= 15 is 0 Å². The number of rotatable bonds is 7. The second-order valence-electron chi connectivity index (χ2n) is 5.08. The van der Waals surface area contributed by atoms with E-state index in [0.717, 1.165) is 44.2 Å². The number of carbonyl (C=O) groups excluding carboxylic acids is 1. The molecule has 6 heteroatoms. The lowest BCUT2D eigenvalue weighted by molar-refractivity contribution is 0.0383. The Bertz CT molecular complexity index is 461. The topological polar surface area (TPSA) is 60.0 Å². The molecule has 1 aliphatic rings. The molecule has 2 rings (SSSR count). The van der Waals surface area contributed by atoms with Crippen molar-refractivity contribution in [2.45, 2.75) is 6.42 Å². The standard InChI is InChI=1S/C16H24N2O4/c1-20-15-5-3-2-4-14(15)6-11-22-16(19)17-7-8-18-9-12-21-13-10-18/h2-5H,6-13H2,1H3,(H,17,19). The van der Waals surface area contributed by atoms with Crippen molar-refractivity contribution < 1.29 is 19.0 Å². The lowest BCUT2D eigenvalue weighted by Crippen LogP contribution is -2.41. The average molecular weight is 308 g/mol. The molecule has 1 amide bonds. The number of amides is 1. The van der Waals surface area contributed by atoms with Crippen LogP contribution in [-0.4, -0.2) is 64.1 Å². The summed E-state index contributed by atoms with van der Waals surface area (Å²) in [6.45, 7) is 5.13. The third-order valence-corrected chi connectivity index (χ3v) is 3.60. The molecule has 1 heterocycles. The van der Waals surface area contributed by atoms with Crippen LogP contribution in [0, 0.1) is 0 Å². The van der Waals surface area contributed by atoms with Crippen molar-refractivity contribution in [1.82, 2.24) is 10.2 Å². The van der Waals surface area contributed by atoms with Crippen LogP contribution in [0.1, 0.15) is 5.56 Å². The number of methoxy groups -OCH3 is 1. The van der Waals surface area contributed by atoms with Crippen molar-refractivity contribution >= 4 is 6.09 Å². The molecule has 1 aromatic carbocycles. The minimum absolute atomic E-state index is 0.337. The zero-order chi connectivity index (χ0) is 15.6. The maximum Gasteiger partial charge on any atom is 0.407 e. The number of para-hydroxylation sites is 1. The van der Waals surface area contributed by atoms with Gasteiger partial charge in [-0.05, 0) is 11.6 Å². The summed E-state index contributed by atoms with van der Waals surface area (Å²) in [5, 5.41) is 2.77. The summed E-state index contributed by atoms with van der Waals surface area (Å²) in [6, 6.07) is 7.73. The molecule has 0 spiro atoms. The predicted octanol–water partition coefficient (Wildman–Crippen LogP) is 1.30. The van der Waals surface area contributed by atoms with Crippen molar-refractivity contribution in [1.29, 1.82) is 0 Å². The molecule has 0 aromatic heterocycles. The molecular formula is C16H24N2O4. The molecule has 6 nitrogen and oxygen atoms in total. The summed E-state index contributed by atoms with van der Waals surface area (Å²) in [5.74, 6) is 0.818. The van der Waals surface area contributed by atoms with Gasteiger partial charge in [0.05, 0.1) is 26.9 Å². The number of hydrogen-bond acceptors (Lipinski definition) is 5. The van der Waals surface area contributed by atoms with Gasteiger partial charge in [-0.25, -0.2) is 4.79 Å². The van der Waals surface area contributed by atoms with E-state index in [4.69, 9.17) is 14.2 Å². The number of nitrogens with one attached hydrogen (secondary N) is 1. The molecule has 1 aromatic rings. The van der Waals surface area contributed by atoms with Crippen LogP contribution in [-0.2, 0) is 15.9 Å². The van der Waals surface area contributed by atoms with Gasteiger partial charge in [0.2, 0.25) is 0 Å². The van der Waals surface area contributed by atoms with Crippen molar-refractivity contribution in [2.24, 2.45) is 0 Å². The number of carbonyl (C=O) groups is 1. The van der Waals surface area contributed by atoms with Crippen molar-refractivity contribution in [2.75, 3.05) is 53.1 Å². The third kappa shape index (κ3) is 5.54. The maximum absolute atomic E-state index is 11.6. The Morgan fingerprint density at radius 3 is 2.86 bits per heavy atom. The first kappa shape index (κ1) is 16.6. The van der Waals surface area contributed by atoms with Crippen LogP contribution >= 0.6 is 0 Å². The molecule has 1 saturated heterocycles. The zero-order valence-electron chi connectivity index (χ0n) is 13.0. The van der Waals surface area contributed by atoms with Gasteiger partial charge in [0.15, 0.2) is 0 Å². The second-order valence-corrected chi connectivity index (χ2v) is 5.08. The van der Waals surface area contributed by atoms with Crippen LogP contribution in [0.4, 0.5) is 4.79 Å². The van der Waals surface area contributed by atoms with E-state index in [1.54, 1.807) is 7.11 Å². The normalized spacial score (nSPS) is 15.3. The highest BCUT2D eigenvalue weighted by Crippen LogP contribution is 2.17. The quantitative estimate of drug-likeness (QED) is 0.822. The SMILES string of the molecule is COc1ccccc1CCOC(=O)NCCN1CCOCC1. The fourth-order valence-electron chi connectivity index (χ4n) is 2.36. The van der Waals surface area contributed by atoms with Crippen LogP contribution in [0.25, 0.3) is 0 Å². The van der Waals surface area contributed by atoms with Crippen LogP contribution in [0.15, 0.2) is 24.3 Å². The summed E-state index contributed by atoms with van der Waals surface area (Å²) in [4.78, 5) is 13.9.